The topological polar surface area (TPSA) is 20.3 Å². The van der Waals surface area contributed by atoms with Crippen molar-refractivity contribution in [3.63, 3.8) is 0 Å². The Bertz CT molecular complexity index is 288. The van der Waals surface area contributed by atoms with Crippen molar-refractivity contribution in [1.82, 2.24) is 4.90 Å². The summed E-state index contributed by atoms with van der Waals surface area (Å²) in [5.41, 5.74) is 0. The molecule has 0 bridgehead atoms. The summed E-state index contributed by atoms with van der Waals surface area (Å²) in [5.74, 6) is 0.498. The molecule has 0 aromatic rings. The summed E-state index contributed by atoms with van der Waals surface area (Å²) in [4.78, 5) is 12.9. The van der Waals surface area contributed by atoms with Crippen molar-refractivity contribution in [2.45, 2.75) is 13.0 Å². The van der Waals surface area contributed by atoms with Crippen molar-refractivity contribution < 1.29 is 4.79 Å². The number of nitrogens with zero attached hydrogens (tertiary/aromatic N) is 1. The molecule has 1 aliphatic heterocycles. The van der Waals surface area contributed by atoms with E-state index in [0.29, 0.717) is 5.92 Å². The third kappa shape index (κ3) is 0.998. The van der Waals surface area contributed by atoms with Gasteiger partial charge in [0, 0.05) is 19.0 Å². The Morgan fingerprint density at radius 2 is 2.00 bits per heavy atom. The van der Waals surface area contributed by atoms with Crippen molar-refractivity contribution in [3.05, 3.63) is 36.6 Å². The highest BCUT2D eigenvalue weighted by Gasteiger charge is 2.28. The van der Waals surface area contributed by atoms with Crippen LogP contribution in [0.5, 0.6) is 0 Å². The van der Waals surface area contributed by atoms with Gasteiger partial charge in [-0.15, -0.1) is 0 Å². The van der Waals surface area contributed by atoms with Crippen LogP contribution in [0.25, 0.3) is 0 Å². The quantitative estimate of drug-likeness (QED) is 0.527. The van der Waals surface area contributed by atoms with E-state index in [2.05, 4.69) is 18.2 Å². The molecular formula is C10H11NO. The lowest BCUT2D eigenvalue weighted by atomic mass is 9.97. The molecule has 0 spiro atoms. The van der Waals surface area contributed by atoms with Gasteiger partial charge in [0.05, 0.1) is 6.04 Å². The molecule has 0 saturated heterocycles. The van der Waals surface area contributed by atoms with E-state index in [1.807, 2.05) is 18.4 Å². The Kier molecular flexibility index (Phi) is 1.61. The van der Waals surface area contributed by atoms with Crippen LogP contribution >= 0.6 is 0 Å². The summed E-state index contributed by atoms with van der Waals surface area (Å²) in [6.45, 7) is 1.60. The van der Waals surface area contributed by atoms with E-state index in [1.165, 1.54) is 0 Å². The molecule has 2 nitrogen and oxygen atoms in total. The van der Waals surface area contributed by atoms with E-state index >= 15 is 0 Å². The van der Waals surface area contributed by atoms with E-state index in [4.69, 9.17) is 0 Å². The first-order valence-corrected chi connectivity index (χ1v) is 4.11. The molecule has 0 aromatic heterocycles. The molecule has 2 atom stereocenters. The second-order valence-electron chi connectivity index (χ2n) is 3.11. The summed E-state index contributed by atoms with van der Waals surface area (Å²) in [6.07, 6.45) is 12.1. The minimum atomic E-state index is 0.110. The van der Waals surface area contributed by atoms with Gasteiger partial charge < -0.3 is 4.90 Å². The van der Waals surface area contributed by atoms with Crippen LogP contribution in [0.4, 0.5) is 0 Å². The number of hydrogen-bond donors (Lipinski definition) is 0. The highest BCUT2D eigenvalue weighted by Crippen LogP contribution is 2.26. The highest BCUT2D eigenvalue weighted by atomic mass is 16.2. The normalized spacial score (nSPS) is 30.9. The first-order chi connectivity index (χ1) is 5.79. The Balaban J connectivity index is 2.24. The second kappa shape index (κ2) is 2.63. The lowest BCUT2D eigenvalue weighted by Gasteiger charge is -2.24. The molecule has 0 radical (unpaired) electrons. The predicted molar refractivity (Wildman–Crippen MR) is 47.2 cm³/mol. The highest BCUT2D eigenvalue weighted by molar-refractivity contribution is 5.76. The monoisotopic (exact) mass is 161 g/mol. The van der Waals surface area contributed by atoms with Crippen LogP contribution in [0.1, 0.15) is 6.92 Å². The van der Waals surface area contributed by atoms with Gasteiger partial charge in [-0.2, -0.15) is 0 Å². The van der Waals surface area contributed by atoms with E-state index in [-0.39, 0.29) is 11.9 Å². The minimum absolute atomic E-state index is 0.110. The van der Waals surface area contributed by atoms with E-state index < -0.39 is 0 Å². The first-order valence-electron chi connectivity index (χ1n) is 4.11. The molecule has 1 amide bonds. The average Bonchev–Trinajstić information content (AvgIpc) is 2.47. The van der Waals surface area contributed by atoms with Crippen LogP contribution in [-0.4, -0.2) is 16.8 Å². The number of allylic oxidation sites excluding steroid dienone is 2. The van der Waals surface area contributed by atoms with Crippen LogP contribution in [0.2, 0.25) is 0 Å². The van der Waals surface area contributed by atoms with Crippen LogP contribution < -0.4 is 0 Å². The van der Waals surface area contributed by atoms with Gasteiger partial charge in [-0.05, 0) is 0 Å². The molecule has 1 aliphatic carbocycles. The molecule has 12 heavy (non-hydrogen) atoms. The smallest absolute Gasteiger partial charge is 0.223 e. The van der Waals surface area contributed by atoms with Crippen molar-refractivity contribution in [1.29, 1.82) is 0 Å². The zero-order valence-corrected chi connectivity index (χ0v) is 6.97. The maximum absolute atomic E-state index is 11.1. The standard InChI is InChI=1S/C10H11NO/c1-8(12)11-7-6-9-4-2-3-5-10(9)11/h2-7,9-10H,1H3/t9-,10-/m0/s1. The first kappa shape index (κ1) is 7.35. The van der Waals surface area contributed by atoms with Crippen molar-refractivity contribution in [2.24, 2.45) is 5.92 Å². The number of rotatable bonds is 0. The molecule has 0 unspecified atom stereocenters. The van der Waals surface area contributed by atoms with Crippen LogP contribution in [-0.2, 0) is 4.79 Å². The average molecular weight is 161 g/mol. The van der Waals surface area contributed by atoms with Gasteiger partial charge in [-0.1, -0.05) is 30.4 Å². The summed E-state index contributed by atoms with van der Waals surface area (Å²) in [6, 6.07) is 0.229. The number of hydrogen-bond acceptors (Lipinski definition) is 1. The van der Waals surface area contributed by atoms with Gasteiger partial charge in [-0.25, -0.2) is 0 Å². The fourth-order valence-electron chi connectivity index (χ4n) is 1.68. The second-order valence-corrected chi connectivity index (χ2v) is 3.11. The van der Waals surface area contributed by atoms with E-state index in [0.717, 1.165) is 0 Å². The van der Waals surface area contributed by atoms with E-state index in [1.54, 1.807) is 11.8 Å². The Hall–Kier alpha value is -1.31. The van der Waals surface area contributed by atoms with Gasteiger partial charge in [0.25, 0.3) is 0 Å². The minimum Gasteiger partial charge on any atom is -0.312 e. The van der Waals surface area contributed by atoms with Gasteiger partial charge in [0.1, 0.15) is 0 Å². The van der Waals surface area contributed by atoms with Gasteiger partial charge in [0.15, 0.2) is 0 Å². The predicted octanol–water partition coefficient (Wildman–Crippen LogP) is 1.47. The van der Waals surface area contributed by atoms with Crippen molar-refractivity contribution in [3.8, 4) is 0 Å². The summed E-state index contributed by atoms with van der Waals surface area (Å²) in [5, 5.41) is 0. The van der Waals surface area contributed by atoms with Crippen LogP contribution in [0, 0.1) is 5.92 Å². The Labute approximate surface area is 71.9 Å². The van der Waals surface area contributed by atoms with Gasteiger partial charge >= 0.3 is 0 Å². The summed E-state index contributed by atoms with van der Waals surface area (Å²) >= 11 is 0. The molecule has 0 fully saturated rings. The molecule has 0 saturated carbocycles. The lowest BCUT2D eigenvalue weighted by molar-refractivity contribution is -0.127. The van der Waals surface area contributed by atoms with Crippen LogP contribution in [0.3, 0.4) is 0 Å². The number of carbonyl (C=O) groups is 1. The molecular weight excluding hydrogens is 150 g/mol. The molecule has 2 aliphatic rings. The maximum Gasteiger partial charge on any atom is 0.223 e. The van der Waals surface area contributed by atoms with E-state index in [9.17, 15) is 4.79 Å². The number of carbonyl (C=O) groups excluding carboxylic acids is 1. The number of fused-ring (bicyclic) bond motifs is 1. The summed E-state index contributed by atoms with van der Waals surface area (Å²) in [7, 11) is 0. The van der Waals surface area contributed by atoms with Gasteiger partial charge in [-0.3, -0.25) is 4.79 Å². The molecule has 0 aromatic carbocycles. The molecule has 62 valence electrons. The molecule has 0 N–H and O–H groups in total. The van der Waals surface area contributed by atoms with Crippen LogP contribution in [0.15, 0.2) is 36.6 Å². The maximum atomic E-state index is 11.1. The number of amides is 1. The van der Waals surface area contributed by atoms with Crippen molar-refractivity contribution >= 4 is 5.91 Å². The van der Waals surface area contributed by atoms with Gasteiger partial charge in [0.2, 0.25) is 5.91 Å². The Morgan fingerprint density at radius 1 is 1.25 bits per heavy atom. The molecule has 1 heterocycles. The Morgan fingerprint density at radius 3 is 2.75 bits per heavy atom. The fourth-order valence-corrected chi connectivity index (χ4v) is 1.68. The lowest BCUT2D eigenvalue weighted by Crippen LogP contribution is -2.33. The third-order valence-electron chi connectivity index (χ3n) is 2.30. The molecule has 2 rings (SSSR count). The van der Waals surface area contributed by atoms with Crippen molar-refractivity contribution in [2.75, 3.05) is 0 Å². The zero-order valence-electron chi connectivity index (χ0n) is 6.97. The fraction of sp³-hybridized carbons (Fsp3) is 0.300. The SMILES string of the molecule is CC(=O)N1C=C[C@@H]2C=CC=C[C@@H]21. The largest absolute Gasteiger partial charge is 0.312 e. The molecule has 2 heteroatoms. The summed E-state index contributed by atoms with van der Waals surface area (Å²) < 4.78 is 0. The third-order valence-corrected chi connectivity index (χ3v) is 2.30. The zero-order chi connectivity index (χ0) is 8.55.